The molecule has 0 aliphatic carbocycles. The normalized spacial score (nSPS) is 13.3. The topological polar surface area (TPSA) is 41.6 Å². The second-order valence-corrected chi connectivity index (χ2v) is 7.63. The van der Waals surface area contributed by atoms with Crippen LogP contribution in [0.15, 0.2) is 53.4 Å². The summed E-state index contributed by atoms with van der Waals surface area (Å²) in [5.41, 5.74) is 0.839. The quantitative estimate of drug-likeness (QED) is 0.713. The molecule has 2 aromatic carbocycles. The van der Waals surface area contributed by atoms with E-state index in [1.54, 1.807) is 13.2 Å². The third-order valence-corrected chi connectivity index (χ3v) is 5.18. The molecule has 0 heterocycles. The molecule has 2 rings (SSSR count). The van der Waals surface area contributed by atoms with Crippen molar-refractivity contribution in [3.8, 4) is 5.75 Å². The third-order valence-electron chi connectivity index (χ3n) is 4.07. The Morgan fingerprint density at radius 3 is 2.50 bits per heavy atom. The summed E-state index contributed by atoms with van der Waals surface area (Å²) in [4.78, 5) is 15.4. The van der Waals surface area contributed by atoms with E-state index in [0.29, 0.717) is 6.54 Å². The first-order valence-electron chi connectivity index (χ1n) is 8.41. The molecule has 140 valence electrons. The molecule has 0 saturated heterocycles. The van der Waals surface area contributed by atoms with E-state index >= 15 is 0 Å². The van der Waals surface area contributed by atoms with Crippen LogP contribution in [-0.4, -0.2) is 43.8 Å². The Bertz CT molecular complexity index is 722. The highest BCUT2D eigenvalue weighted by Gasteiger charge is 2.19. The molecule has 0 aliphatic heterocycles. The van der Waals surface area contributed by atoms with E-state index < -0.39 is 0 Å². The number of amides is 1. The highest BCUT2D eigenvalue weighted by atomic mass is 32.2. The average molecular weight is 376 g/mol. The van der Waals surface area contributed by atoms with Gasteiger partial charge < -0.3 is 15.0 Å². The summed E-state index contributed by atoms with van der Waals surface area (Å²) in [7, 11) is 5.45. The number of methoxy groups -OCH3 is 1. The van der Waals surface area contributed by atoms with E-state index in [1.165, 1.54) is 23.9 Å². The Morgan fingerprint density at radius 2 is 1.92 bits per heavy atom. The van der Waals surface area contributed by atoms with Crippen molar-refractivity contribution in [3.63, 3.8) is 0 Å². The highest BCUT2D eigenvalue weighted by Crippen LogP contribution is 2.25. The van der Waals surface area contributed by atoms with Crippen molar-refractivity contribution in [2.24, 2.45) is 0 Å². The highest BCUT2D eigenvalue weighted by molar-refractivity contribution is 8.00. The summed E-state index contributed by atoms with van der Waals surface area (Å²) in [6.45, 7) is 2.29. The predicted octanol–water partition coefficient (Wildman–Crippen LogP) is 3.73. The molecule has 0 bridgehead atoms. The molecule has 0 aromatic heterocycles. The molecule has 0 saturated carbocycles. The fourth-order valence-corrected chi connectivity index (χ4v) is 3.46. The van der Waals surface area contributed by atoms with Gasteiger partial charge in [0, 0.05) is 11.4 Å². The van der Waals surface area contributed by atoms with Gasteiger partial charge in [-0.15, -0.1) is 11.8 Å². The minimum absolute atomic E-state index is 0.0472. The van der Waals surface area contributed by atoms with Gasteiger partial charge in [-0.25, -0.2) is 4.39 Å². The molecular weight excluding hydrogens is 351 g/mol. The number of likely N-dealkylation sites (N-methyl/N-ethyl adjacent to an activating group) is 1. The second-order valence-electron chi connectivity index (χ2n) is 6.22. The molecule has 0 radical (unpaired) electrons. The Balaban J connectivity index is 1.94. The number of nitrogens with one attached hydrogen (secondary N) is 1. The van der Waals surface area contributed by atoms with Gasteiger partial charge in [-0.1, -0.05) is 12.1 Å². The molecule has 0 spiro atoms. The first-order valence-corrected chi connectivity index (χ1v) is 9.29. The first-order chi connectivity index (χ1) is 12.4. The number of carbonyl (C=O) groups excluding carboxylic acids is 1. The third kappa shape index (κ3) is 5.75. The number of thioether (sulfide) groups is 1. The number of hydrogen-bond acceptors (Lipinski definition) is 4. The Labute approximate surface area is 158 Å². The zero-order valence-corrected chi connectivity index (χ0v) is 16.3. The summed E-state index contributed by atoms with van der Waals surface area (Å²) in [5.74, 6) is 0.466. The van der Waals surface area contributed by atoms with Crippen molar-refractivity contribution in [3.05, 3.63) is 59.9 Å². The summed E-state index contributed by atoms with van der Waals surface area (Å²) < 4.78 is 18.6. The van der Waals surface area contributed by atoms with Crippen LogP contribution in [0.1, 0.15) is 18.5 Å². The van der Waals surface area contributed by atoms with Gasteiger partial charge in [-0.2, -0.15) is 0 Å². The van der Waals surface area contributed by atoms with Crippen LogP contribution in [0.2, 0.25) is 0 Å². The molecule has 1 amide bonds. The van der Waals surface area contributed by atoms with Gasteiger partial charge in [0.2, 0.25) is 5.91 Å². The van der Waals surface area contributed by atoms with Crippen LogP contribution in [0.4, 0.5) is 4.39 Å². The van der Waals surface area contributed by atoms with Crippen molar-refractivity contribution in [1.82, 2.24) is 10.2 Å². The number of halogens is 1. The minimum Gasteiger partial charge on any atom is -0.497 e. The monoisotopic (exact) mass is 376 g/mol. The maximum Gasteiger partial charge on any atom is 0.233 e. The molecule has 0 aliphatic rings. The zero-order chi connectivity index (χ0) is 19.1. The Hall–Kier alpha value is -2.05. The van der Waals surface area contributed by atoms with Gasteiger partial charge in [0.1, 0.15) is 11.6 Å². The predicted molar refractivity (Wildman–Crippen MR) is 104 cm³/mol. The van der Waals surface area contributed by atoms with Crippen LogP contribution in [0.25, 0.3) is 0 Å². The lowest BCUT2D eigenvalue weighted by atomic mass is 10.1. The second kappa shape index (κ2) is 9.59. The van der Waals surface area contributed by atoms with E-state index in [0.717, 1.165) is 16.2 Å². The minimum atomic E-state index is -0.274. The van der Waals surface area contributed by atoms with Crippen LogP contribution in [0.5, 0.6) is 5.75 Å². The van der Waals surface area contributed by atoms with E-state index in [1.807, 2.05) is 56.3 Å². The van der Waals surface area contributed by atoms with Crippen molar-refractivity contribution < 1.29 is 13.9 Å². The van der Waals surface area contributed by atoms with Gasteiger partial charge in [0.15, 0.2) is 0 Å². The summed E-state index contributed by atoms with van der Waals surface area (Å²) in [5, 5.41) is 2.74. The lowest BCUT2D eigenvalue weighted by Gasteiger charge is -2.25. The molecule has 26 heavy (non-hydrogen) atoms. The lowest BCUT2D eigenvalue weighted by molar-refractivity contribution is -0.120. The van der Waals surface area contributed by atoms with E-state index in [-0.39, 0.29) is 23.0 Å². The number of ether oxygens (including phenoxy) is 1. The molecule has 4 nitrogen and oxygen atoms in total. The molecule has 1 N–H and O–H groups in total. The van der Waals surface area contributed by atoms with Crippen LogP contribution < -0.4 is 10.1 Å². The lowest BCUT2D eigenvalue weighted by Crippen LogP contribution is -2.38. The number of benzene rings is 2. The number of hydrogen-bond donors (Lipinski definition) is 1. The van der Waals surface area contributed by atoms with Gasteiger partial charge >= 0.3 is 0 Å². The van der Waals surface area contributed by atoms with Crippen molar-refractivity contribution in [1.29, 1.82) is 0 Å². The first kappa shape index (κ1) is 20.3. The summed E-state index contributed by atoms with van der Waals surface area (Å²) in [6, 6.07) is 14.0. The SMILES string of the molecule is COc1ccc(S[C@H](C)C(=O)NC[C@H](c2cccc(F)c2)N(C)C)cc1. The van der Waals surface area contributed by atoms with Gasteiger partial charge in [-0.05, 0) is 63.0 Å². The molecule has 0 fully saturated rings. The molecular formula is C20H25FN2O2S. The number of nitrogens with zero attached hydrogens (tertiary/aromatic N) is 1. The fourth-order valence-electron chi connectivity index (χ4n) is 2.57. The summed E-state index contributed by atoms with van der Waals surface area (Å²) >= 11 is 1.49. The number of rotatable bonds is 8. The Kier molecular flexibility index (Phi) is 7.48. The van der Waals surface area contributed by atoms with E-state index in [2.05, 4.69) is 5.32 Å². The smallest absolute Gasteiger partial charge is 0.233 e. The van der Waals surface area contributed by atoms with Gasteiger partial charge in [0.25, 0.3) is 0 Å². The van der Waals surface area contributed by atoms with Crippen LogP contribution in [0, 0.1) is 5.82 Å². The Morgan fingerprint density at radius 1 is 1.23 bits per heavy atom. The molecule has 2 atom stereocenters. The summed E-state index contributed by atoms with van der Waals surface area (Å²) in [6.07, 6.45) is 0. The largest absolute Gasteiger partial charge is 0.497 e. The van der Waals surface area contributed by atoms with E-state index in [9.17, 15) is 9.18 Å². The zero-order valence-electron chi connectivity index (χ0n) is 15.5. The maximum absolute atomic E-state index is 13.5. The van der Waals surface area contributed by atoms with E-state index in [4.69, 9.17) is 4.74 Å². The van der Waals surface area contributed by atoms with Gasteiger partial charge in [0.05, 0.1) is 18.4 Å². The van der Waals surface area contributed by atoms with Crippen LogP contribution in [-0.2, 0) is 4.79 Å². The van der Waals surface area contributed by atoms with Crippen molar-refractivity contribution in [2.45, 2.75) is 23.1 Å². The average Bonchev–Trinajstić information content (AvgIpc) is 2.62. The van der Waals surface area contributed by atoms with Crippen molar-refractivity contribution in [2.75, 3.05) is 27.7 Å². The van der Waals surface area contributed by atoms with Gasteiger partial charge in [-0.3, -0.25) is 4.79 Å². The molecule has 2 aromatic rings. The molecule has 6 heteroatoms. The standard InChI is InChI=1S/C20H25FN2O2S/c1-14(26-18-10-8-17(25-4)9-11-18)20(24)22-13-19(23(2)3)15-6-5-7-16(21)12-15/h5-12,14,19H,13H2,1-4H3,(H,22,24)/t14-,19-/m1/s1. The number of carbonyl (C=O) groups is 1. The fraction of sp³-hybridized carbons (Fsp3) is 0.350. The van der Waals surface area contributed by atoms with Crippen LogP contribution in [0.3, 0.4) is 0 Å². The van der Waals surface area contributed by atoms with Crippen LogP contribution >= 0.6 is 11.8 Å². The maximum atomic E-state index is 13.5. The van der Waals surface area contributed by atoms with Crippen molar-refractivity contribution >= 4 is 17.7 Å². The molecule has 0 unspecified atom stereocenters.